The summed E-state index contributed by atoms with van der Waals surface area (Å²) in [4.78, 5) is 2.47. The fraction of sp³-hybridized carbons (Fsp3) is 0.938. The molecule has 1 unspecified atom stereocenters. The standard InChI is InChI=1S/C16H29N3/c1-3-18-16(12-17,14-10-11-14)13-19(2)15-8-6-4-5-7-9-15/h14-15,18H,3-11,13H2,1-2H3. The first-order valence-corrected chi connectivity index (χ1v) is 8.08. The summed E-state index contributed by atoms with van der Waals surface area (Å²) in [5, 5.41) is 13.2. The van der Waals surface area contributed by atoms with E-state index in [-0.39, 0.29) is 5.54 Å². The molecule has 0 aromatic carbocycles. The number of likely N-dealkylation sites (N-methyl/N-ethyl adjacent to an activating group) is 2. The van der Waals surface area contributed by atoms with Crippen molar-refractivity contribution in [1.82, 2.24) is 10.2 Å². The average Bonchev–Trinajstić information content (AvgIpc) is 3.24. The number of rotatable bonds is 6. The van der Waals surface area contributed by atoms with Crippen LogP contribution in [0.15, 0.2) is 0 Å². The molecule has 0 saturated heterocycles. The predicted octanol–water partition coefficient (Wildman–Crippen LogP) is 2.92. The van der Waals surface area contributed by atoms with Gasteiger partial charge in [-0.15, -0.1) is 0 Å². The molecule has 2 fully saturated rings. The number of nitriles is 1. The zero-order valence-electron chi connectivity index (χ0n) is 12.6. The Morgan fingerprint density at radius 1 is 1.16 bits per heavy atom. The highest BCUT2D eigenvalue weighted by Crippen LogP contribution is 2.40. The quantitative estimate of drug-likeness (QED) is 0.749. The molecule has 0 radical (unpaired) electrons. The molecule has 3 heteroatoms. The van der Waals surface area contributed by atoms with Crippen LogP contribution in [0.1, 0.15) is 58.3 Å². The Bertz CT molecular complexity index is 310. The molecule has 0 amide bonds. The van der Waals surface area contributed by atoms with Crippen LogP contribution < -0.4 is 5.32 Å². The second-order valence-corrected chi connectivity index (χ2v) is 6.45. The Hall–Kier alpha value is -0.590. The van der Waals surface area contributed by atoms with Gasteiger partial charge in [0.2, 0.25) is 0 Å². The van der Waals surface area contributed by atoms with E-state index in [4.69, 9.17) is 0 Å². The highest BCUT2D eigenvalue weighted by Gasteiger charge is 2.46. The molecule has 2 rings (SSSR count). The van der Waals surface area contributed by atoms with E-state index in [1.54, 1.807) is 0 Å². The van der Waals surface area contributed by atoms with Crippen LogP contribution in [-0.2, 0) is 0 Å². The van der Waals surface area contributed by atoms with E-state index in [2.05, 4.69) is 30.3 Å². The third-order valence-corrected chi connectivity index (χ3v) is 4.91. The van der Waals surface area contributed by atoms with E-state index >= 15 is 0 Å². The number of nitrogens with one attached hydrogen (secondary N) is 1. The third kappa shape index (κ3) is 3.70. The lowest BCUT2D eigenvalue weighted by Gasteiger charge is -2.36. The zero-order chi connectivity index (χ0) is 13.7. The van der Waals surface area contributed by atoms with Crippen LogP contribution in [0.25, 0.3) is 0 Å². The van der Waals surface area contributed by atoms with Crippen molar-refractivity contribution < 1.29 is 0 Å². The number of hydrogen-bond acceptors (Lipinski definition) is 3. The maximum Gasteiger partial charge on any atom is 0.122 e. The van der Waals surface area contributed by atoms with E-state index in [1.807, 2.05) is 0 Å². The normalized spacial score (nSPS) is 24.7. The lowest BCUT2D eigenvalue weighted by molar-refractivity contribution is 0.165. The van der Waals surface area contributed by atoms with Crippen molar-refractivity contribution in [1.29, 1.82) is 5.26 Å². The van der Waals surface area contributed by atoms with Crippen LogP contribution >= 0.6 is 0 Å². The summed E-state index contributed by atoms with van der Waals surface area (Å²) < 4.78 is 0. The molecule has 1 N–H and O–H groups in total. The fourth-order valence-electron chi connectivity index (χ4n) is 3.61. The number of hydrogen-bond donors (Lipinski definition) is 1. The fourth-order valence-corrected chi connectivity index (χ4v) is 3.61. The monoisotopic (exact) mass is 263 g/mol. The van der Waals surface area contributed by atoms with Crippen LogP contribution in [-0.4, -0.2) is 36.6 Å². The summed E-state index contributed by atoms with van der Waals surface area (Å²) in [7, 11) is 2.22. The Morgan fingerprint density at radius 3 is 2.26 bits per heavy atom. The minimum Gasteiger partial charge on any atom is -0.301 e. The molecule has 2 aliphatic carbocycles. The van der Waals surface area contributed by atoms with Crippen molar-refractivity contribution >= 4 is 0 Å². The summed E-state index contributed by atoms with van der Waals surface area (Å²) in [5.41, 5.74) is -0.296. The lowest BCUT2D eigenvalue weighted by atomic mass is 9.93. The van der Waals surface area contributed by atoms with Crippen LogP contribution in [0.5, 0.6) is 0 Å². The highest BCUT2D eigenvalue weighted by molar-refractivity contribution is 5.16. The molecule has 19 heavy (non-hydrogen) atoms. The van der Waals surface area contributed by atoms with Crippen LogP contribution in [0.3, 0.4) is 0 Å². The SMILES string of the molecule is CCNC(C#N)(CN(C)C1CCCCCC1)C1CC1. The second kappa shape index (κ2) is 6.72. The van der Waals surface area contributed by atoms with E-state index in [9.17, 15) is 5.26 Å². The molecule has 0 bridgehead atoms. The first-order valence-electron chi connectivity index (χ1n) is 8.08. The topological polar surface area (TPSA) is 39.1 Å². The molecule has 108 valence electrons. The van der Waals surface area contributed by atoms with Gasteiger partial charge < -0.3 is 4.90 Å². The molecular formula is C16H29N3. The summed E-state index contributed by atoms with van der Waals surface area (Å²) in [6, 6.07) is 3.30. The van der Waals surface area contributed by atoms with E-state index in [0.717, 1.165) is 13.1 Å². The molecule has 0 aromatic rings. The smallest absolute Gasteiger partial charge is 0.122 e. The van der Waals surface area contributed by atoms with Gasteiger partial charge in [-0.05, 0) is 45.2 Å². The van der Waals surface area contributed by atoms with Crippen LogP contribution in [0.2, 0.25) is 0 Å². The minimum absolute atomic E-state index is 0.296. The van der Waals surface area contributed by atoms with Crippen molar-refractivity contribution in [2.24, 2.45) is 5.92 Å². The average molecular weight is 263 g/mol. The largest absolute Gasteiger partial charge is 0.301 e. The molecule has 0 aliphatic heterocycles. The van der Waals surface area contributed by atoms with Crippen molar-refractivity contribution in [3.05, 3.63) is 0 Å². The summed E-state index contributed by atoms with van der Waals surface area (Å²) >= 11 is 0. The molecule has 2 saturated carbocycles. The second-order valence-electron chi connectivity index (χ2n) is 6.45. The third-order valence-electron chi connectivity index (χ3n) is 4.91. The molecule has 1 atom stereocenters. The Morgan fingerprint density at radius 2 is 1.79 bits per heavy atom. The molecular weight excluding hydrogens is 234 g/mol. The first kappa shape index (κ1) is 14.8. The van der Waals surface area contributed by atoms with Gasteiger partial charge in [-0.2, -0.15) is 5.26 Å². The van der Waals surface area contributed by atoms with Crippen molar-refractivity contribution in [2.45, 2.75) is 69.9 Å². The van der Waals surface area contributed by atoms with Crippen molar-refractivity contribution in [2.75, 3.05) is 20.1 Å². The zero-order valence-corrected chi connectivity index (χ0v) is 12.6. The van der Waals surface area contributed by atoms with Gasteiger partial charge >= 0.3 is 0 Å². The molecule has 0 spiro atoms. The van der Waals surface area contributed by atoms with Crippen molar-refractivity contribution in [3.8, 4) is 6.07 Å². The summed E-state index contributed by atoms with van der Waals surface area (Å²) in [6.45, 7) is 3.90. The van der Waals surface area contributed by atoms with Crippen molar-refractivity contribution in [3.63, 3.8) is 0 Å². The van der Waals surface area contributed by atoms with Crippen LogP contribution in [0.4, 0.5) is 0 Å². The minimum atomic E-state index is -0.296. The van der Waals surface area contributed by atoms with E-state index in [1.165, 1.54) is 51.4 Å². The number of nitrogens with zero attached hydrogens (tertiary/aromatic N) is 2. The predicted molar refractivity (Wildman–Crippen MR) is 78.9 cm³/mol. The molecule has 2 aliphatic rings. The Kier molecular flexibility index (Phi) is 5.24. The highest BCUT2D eigenvalue weighted by atomic mass is 15.2. The lowest BCUT2D eigenvalue weighted by Crippen LogP contribution is -2.55. The van der Waals surface area contributed by atoms with Gasteiger partial charge in [-0.3, -0.25) is 5.32 Å². The van der Waals surface area contributed by atoms with E-state index in [0.29, 0.717) is 12.0 Å². The van der Waals surface area contributed by atoms with Crippen LogP contribution in [0, 0.1) is 17.2 Å². The Labute approximate surface area is 118 Å². The van der Waals surface area contributed by atoms with Gasteiger partial charge in [0.15, 0.2) is 0 Å². The van der Waals surface area contributed by atoms with E-state index < -0.39 is 0 Å². The molecule has 0 heterocycles. The van der Waals surface area contributed by atoms with Gasteiger partial charge in [0.05, 0.1) is 6.07 Å². The summed E-state index contributed by atoms with van der Waals surface area (Å²) in [5.74, 6) is 0.575. The van der Waals surface area contributed by atoms with Gasteiger partial charge in [-0.1, -0.05) is 32.6 Å². The molecule has 3 nitrogen and oxygen atoms in total. The maximum absolute atomic E-state index is 9.68. The molecule has 0 aromatic heterocycles. The van der Waals surface area contributed by atoms with Gasteiger partial charge in [0.1, 0.15) is 5.54 Å². The first-order chi connectivity index (χ1) is 9.22. The summed E-state index contributed by atoms with van der Waals surface area (Å²) in [6.07, 6.45) is 10.6. The van der Waals surface area contributed by atoms with Gasteiger partial charge in [0.25, 0.3) is 0 Å². The van der Waals surface area contributed by atoms with Gasteiger partial charge in [0, 0.05) is 12.6 Å². The van der Waals surface area contributed by atoms with Gasteiger partial charge in [-0.25, -0.2) is 0 Å². The maximum atomic E-state index is 9.68. The Balaban J connectivity index is 1.97.